The maximum absolute atomic E-state index is 12.9. The minimum atomic E-state index is -0.640. The lowest BCUT2D eigenvalue weighted by atomic mass is 9.86. The van der Waals surface area contributed by atoms with E-state index >= 15 is 0 Å². The number of fused-ring (bicyclic) bond motifs is 1. The van der Waals surface area contributed by atoms with Crippen LogP contribution in [0.1, 0.15) is 67.8 Å². The lowest BCUT2D eigenvalue weighted by Gasteiger charge is -2.23. The van der Waals surface area contributed by atoms with Gasteiger partial charge in [0, 0.05) is 10.8 Å². The molecule has 2 aliphatic rings. The molecular weight excluding hydrogens is 366 g/mol. The van der Waals surface area contributed by atoms with E-state index < -0.39 is 11.6 Å². The number of amides is 1. The lowest BCUT2D eigenvalue weighted by molar-refractivity contribution is -0.148. The first-order chi connectivity index (χ1) is 12.7. The first-order valence-electron chi connectivity index (χ1n) is 9.55. The second-order valence-electron chi connectivity index (χ2n) is 8.17. The second-order valence-corrected chi connectivity index (χ2v) is 9.27. The third-order valence-corrected chi connectivity index (χ3v) is 5.88. The molecule has 0 spiro atoms. The summed E-state index contributed by atoms with van der Waals surface area (Å²) in [6, 6.07) is 0. The molecule has 1 aromatic heterocycles. The summed E-state index contributed by atoms with van der Waals surface area (Å²) in [7, 11) is 0. The van der Waals surface area contributed by atoms with E-state index in [4.69, 9.17) is 9.47 Å². The zero-order valence-electron chi connectivity index (χ0n) is 16.3. The van der Waals surface area contributed by atoms with Crippen LogP contribution in [0.5, 0.6) is 0 Å². The van der Waals surface area contributed by atoms with E-state index in [2.05, 4.69) is 5.32 Å². The number of ether oxygens (including phenoxy) is 2. The number of nitrogens with one attached hydrogen (secondary N) is 1. The Morgan fingerprint density at radius 1 is 1.15 bits per heavy atom. The first kappa shape index (κ1) is 19.9. The molecule has 0 bridgehead atoms. The maximum Gasteiger partial charge on any atom is 0.341 e. The highest BCUT2D eigenvalue weighted by Crippen LogP contribution is 2.42. The number of thiophene rings is 1. The molecule has 148 valence electrons. The normalized spacial score (nSPS) is 19.2. The second kappa shape index (κ2) is 7.62. The monoisotopic (exact) mass is 393 g/mol. The van der Waals surface area contributed by atoms with E-state index in [1.54, 1.807) is 6.92 Å². The predicted molar refractivity (Wildman–Crippen MR) is 103 cm³/mol. The van der Waals surface area contributed by atoms with Crippen molar-refractivity contribution in [1.29, 1.82) is 0 Å². The molecule has 1 atom stereocenters. The minimum Gasteiger partial charge on any atom is -0.466 e. The van der Waals surface area contributed by atoms with Gasteiger partial charge in [0.1, 0.15) is 10.6 Å². The van der Waals surface area contributed by atoms with Crippen LogP contribution in [0.4, 0.5) is 5.00 Å². The zero-order valence-corrected chi connectivity index (χ0v) is 17.2. The Morgan fingerprint density at radius 3 is 2.44 bits per heavy atom. The quantitative estimate of drug-likeness (QED) is 0.771. The first-order valence-corrected chi connectivity index (χ1v) is 10.4. The van der Waals surface area contributed by atoms with Gasteiger partial charge in [-0.15, -0.1) is 11.3 Å². The Hall–Kier alpha value is -1.89. The average Bonchev–Trinajstić information content (AvgIpc) is 3.34. The summed E-state index contributed by atoms with van der Waals surface area (Å²) < 4.78 is 10.8. The van der Waals surface area contributed by atoms with E-state index in [9.17, 15) is 14.4 Å². The van der Waals surface area contributed by atoms with Crippen LogP contribution >= 0.6 is 11.3 Å². The molecule has 27 heavy (non-hydrogen) atoms. The lowest BCUT2D eigenvalue weighted by Crippen LogP contribution is -2.28. The fourth-order valence-electron chi connectivity index (χ4n) is 3.24. The van der Waals surface area contributed by atoms with Gasteiger partial charge in [-0.2, -0.15) is 0 Å². The molecule has 1 aromatic rings. The molecule has 0 aliphatic heterocycles. The van der Waals surface area contributed by atoms with Crippen LogP contribution in [0.15, 0.2) is 0 Å². The van der Waals surface area contributed by atoms with Crippen molar-refractivity contribution in [2.45, 2.75) is 65.4 Å². The molecule has 0 aromatic carbocycles. The van der Waals surface area contributed by atoms with Crippen LogP contribution in [-0.2, 0) is 31.9 Å². The maximum atomic E-state index is 12.9. The summed E-state index contributed by atoms with van der Waals surface area (Å²) in [6.07, 6.45) is 3.61. The molecule has 1 heterocycles. The molecule has 1 amide bonds. The van der Waals surface area contributed by atoms with Gasteiger partial charge in [0.05, 0.1) is 18.1 Å². The Bertz CT molecular complexity index is 757. The highest BCUT2D eigenvalue weighted by Gasteiger charge is 2.36. The largest absolute Gasteiger partial charge is 0.466 e. The van der Waals surface area contributed by atoms with Gasteiger partial charge < -0.3 is 14.8 Å². The van der Waals surface area contributed by atoms with Gasteiger partial charge in [-0.05, 0) is 65.4 Å². The molecular formula is C20H27NO5S. The van der Waals surface area contributed by atoms with Crippen molar-refractivity contribution in [2.75, 3.05) is 11.9 Å². The van der Waals surface area contributed by atoms with Gasteiger partial charge in [0.2, 0.25) is 5.91 Å². The topological polar surface area (TPSA) is 81.7 Å². The van der Waals surface area contributed by atoms with Crippen LogP contribution in [0, 0.1) is 11.8 Å². The van der Waals surface area contributed by atoms with Crippen LogP contribution < -0.4 is 5.32 Å². The SMILES string of the molecule is CCOC(=O)C1CCc2sc(NC(=O)C3CC3)c(C(=O)OC(C)(C)C)c2C1. The van der Waals surface area contributed by atoms with Crippen molar-refractivity contribution in [1.82, 2.24) is 0 Å². The number of hydrogen-bond donors (Lipinski definition) is 1. The standard InChI is InChI=1S/C20H27NO5S/c1-5-25-18(23)12-8-9-14-13(10-12)15(19(24)26-20(2,3)4)17(27-14)21-16(22)11-6-7-11/h11-12H,5-10H2,1-4H3,(H,21,22). The molecule has 1 fully saturated rings. The third kappa shape index (κ3) is 4.69. The molecule has 1 saturated carbocycles. The van der Waals surface area contributed by atoms with Crippen molar-refractivity contribution < 1.29 is 23.9 Å². The van der Waals surface area contributed by atoms with Crippen molar-refractivity contribution in [2.24, 2.45) is 11.8 Å². The number of rotatable bonds is 5. The summed E-state index contributed by atoms with van der Waals surface area (Å²) in [6.45, 7) is 7.57. The van der Waals surface area contributed by atoms with Gasteiger partial charge in [0.25, 0.3) is 0 Å². The van der Waals surface area contributed by atoms with E-state index in [0.29, 0.717) is 36.4 Å². The molecule has 7 heteroatoms. The molecule has 1 unspecified atom stereocenters. The highest BCUT2D eigenvalue weighted by molar-refractivity contribution is 7.17. The third-order valence-electron chi connectivity index (χ3n) is 4.67. The number of carbonyl (C=O) groups is 3. The number of carbonyl (C=O) groups excluding carboxylic acids is 3. The van der Waals surface area contributed by atoms with Crippen molar-refractivity contribution in [3.63, 3.8) is 0 Å². The van der Waals surface area contributed by atoms with Gasteiger partial charge in [-0.25, -0.2) is 4.79 Å². The number of anilines is 1. The Labute approximate surface area is 163 Å². The van der Waals surface area contributed by atoms with Gasteiger partial charge in [-0.1, -0.05) is 0 Å². The highest BCUT2D eigenvalue weighted by atomic mass is 32.1. The minimum absolute atomic E-state index is 0.0413. The molecule has 0 saturated heterocycles. The fourth-order valence-corrected chi connectivity index (χ4v) is 4.47. The molecule has 1 N–H and O–H groups in total. The van der Waals surface area contributed by atoms with E-state index in [1.807, 2.05) is 20.8 Å². The Balaban J connectivity index is 1.91. The summed E-state index contributed by atoms with van der Waals surface area (Å²) in [5.41, 5.74) is 0.594. The van der Waals surface area contributed by atoms with E-state index in [1.165, 1.54) is 11.3 Å². The van der Waals surface area contributed by atoms with Gasteiger partial charge in [0.15, 0.2) is 0 Å². The number of hydrogen-bond acceptors (Lipinski definition) is 6. The van der Waals surface area contributed by atoms with E-state index in [0.717, 1.165) is 23.3 Å². The number of aryl methyl sites for hydroxylation is 1. The molecule has 2 aliphatic carbocycles. The average molecular weight is 394 g/mol. The summed E-state index contributed by atoms with van der Waals surface area (Å²) in [5.74, 6) is -0.938. The van der Waals surface area contributed by atoms with Gasteiger partial charge in [-0.3, -0.25) is 9.59 Å². The molecule has 0 radical (unpaired) electrons. The van der Waals surface area contributed by atoms with Crippen LogP contribution in [-0.4, -0.2) is 30.1 Å². The number of esters is 2. The zero-order chi connectivity index (χ0) is 19.8. The van der Waals surface area contributed by atoms with Crippen molar-refractivity contribution in [3.05, 3.63) is 16.0 Å². The Morgan fingerprint density at radius 2 is 1.85 bits per heavy atom. The smallest absolute Gasteiger partial charge is 0.341 e. The van der Waals surface area contributed by atoms with Crippen LogP contribution in [0.25, 0.3) is 0 Å². The fraction of sp³-hybridized carbons (Fsp3) is 0.650. The van der Waals surface area contributed by atoms with Crippen molar-refractivity contribution in [3.8, 4) is 0 Å². The van der Waals surface area contributed by atoms with Gasteiger partial charge >= 0.3 is 11.9 Å². The summed E-state index contributed by atoms with van der Waals surface area (Å²) >= 11 is 1.43. The van der Waals surface area contributed by atoms with E-state index in [-0.39, 0.29) is 23.7 Å². The molecule has 3 rings (SSSR count). The summed E-state index contributed by atoms with van der Waals surface area (Å²) in [5, 5.41) is 3.48. The molecule has 6 nitrogen and oxygen atoms in total. The predicted octanol–water partition coefficient (Wildman–Crippen LogP) is 3.72. The van der Waals surface area contributed by atoms with Crippen LogP contribution in [0.3, 0.4) is 0 Å². The van der Waals surface area contributed by atoms with Crippen LogP contribution in [0.2, 0.25) is 0 Å². The van der Waals surface area contributed by atoms with Crippen molar-refractivity contribution >= 4 is 34.2 Å². The summed E-state index contributed by atoms with van der Waals surface area (Å²) in [4.78, 5) is 38.4. The Kier molecular flexibility index (Phi) is 5.60.